The van der Waals surface area contributed by atoms with Crippen LogP contribution in [0.25, 0.3) is 6.08 Å². The maximum Gasteiger partial charge on any atom is 0.265 e. The van der Waals surface area contributed by atoms with Crippen LogP contribution in [0.2, 0.25) is 0 Å². The van der Waals surface area contributed by atoms with Crippen molar-refractivity contribution in [2.45, 2.75) is 6.61 Å². The van der Waals surface area contributed by atoms with E-state index in [4.69, 9.17) is 17.0 Å². The third-order valence-corrected chi connectivity index (χ3v) is 6.26. The molecule has 2 aromatic carbocycles. The SMILES string of the molecule is CN1C(=O)/C(=C\c2cc(Br)c(OCc3ccc(F)cc3)c(Br)c2)SC1=S. The Bertz CT molecular complexity index is 893. The number of hydrogen-bond donors (Lipinski definition) is 0. The number of likely N-dealkylation sites (N-methyl/N-ethyl adjacent to an activating group) is 1. The van der Waals surface area contributed by atoms with Crippen LogP contribution in [-0.4, -0.2) is 22.2 Å². The van der Waals surface area contributed by atoms with E-state index in [-0.39, 0.29) is 11.7 Å². The van der Waals surface area contributed by atoms with Gasteiger partial charge in [0.05, 0.1) is 13.9 Å². The zero-order chi connectivity index (χ0) is 18.8. The molecule has 1 heterocycles. The largest absolute Gasteiger partial charge is 0.487 e. The van der Waals surface area contributed by atoms with Crippen molar-refractivity contribution < 1.29 is 13.9 Å². The summed E-state index contributed by atoms with van der Waals surface area (Å²) in [4.78, 5) is 14.1. The highest BCUT2D eigenvalue weighted by atomic mass is 79.9. The minimum absolute atomic E-state index is 0.108. The molecule has 26 heavy (non-hydrogen) atoms. The summed E-state index contributed by atoms with van der Waals surface area (Å²) in [6.45, 7) is 0.311. The van der Waals surface area contributed by atoms with Crippen LogP contribution >= 0.6 is 55.8 Å². The van der Waals surface area contributed by atoms with Crippen LogP contribution in [0.3, 0.4) is 0 Å². The number of ether oxygens (including phenoxy) is 1. The molecule has 1 aliphatic heterocycles. The van der Waals surface area contributed by atoms with Gasteiger partial charge in [0.15, 0.2) is 0 Å². The van der Waals surface area contributed by atoms with E-state index >= 15 is 0 Å². The van der Waals surface area contributed by atoms with E-state index in [0.717, 1.165) is 20.1 Å². The second-order valence-electron chi connectivity index (χ2n) is 5.47. The maximum absolute atomic E-state index is 13.0. The van der Waals surface area contributed by atoms with Crippen LogP contribution in [0, 0.1) is 5.82 Å². The van der Waals surface area contributed by atoms with Gasteiger partial charge in [-0.1, -0.05) is 36.1 Å². The Hall–Kier alpha value is -1.22. The number of benzene rings is 2. The molecule has 1 amide bonds. The zero-order valence-electron chi connectivity index (χ0n) is 13.5. The summed E-state index contributed by atoms with van der Waals surface area (Å²) < 4.78 is 20.8. The van der Waals surface area contributed by atoms with Crippen LogP contribution in [0.4, 0.5) is 4.39 Å². The number of thiocarbonyl (C=S) groups is 1. The van der Waals surface area contributed by atoms with Crippen molar-refractivity contribution in [2.24, 2.45) is 0 Å². The normalized spacial score (nSPS) is 15.8. The van der Waals surface area contributed by atoms with E-state index in [9.17, 15) is 9.18 Å². The van der Waals surface area contributed by atoms with Gasteiger partial charge in [-0.2, -0.15) is 0 Å². The summed E-state index contributed by atoms with van der Waals surface area (Å²) in [7, 11) is 1.66. The van der Waals surface area contributed by atoms with E-state index in [1.54, 1.807) is 25.3 Å². The Balaban J connectivity index is 1.79. The van der Waals surface area contributed by atoms with E-state index in [1.165, 1.54) is 28.8 Å². The molecule has 1 saturated heterocycles. The van der Waals surface area contributed by atoms with Gasteiger partial charge in [0.1, 0.15) is 22.5 Å². The first-order chi connectivity index (χ1) is 12.3. The molecule has 134 valence electrons. The Kier molecular flexibility index (Phi) is 6.17. The van der Waals surface area contributed by atoms with Crippen LogP contribution in [0.5, 0.6) is 5.75 Å². The highest BCUT2D eigenvalue weighted by molar-refractivity contribution is 9.11. The molecule has 3 nitrogen and oxygen atoms in total. The number of carbonyl (C=O) groups excluding carboxylic acids is 1. The summed E-state index contributed by atoms with van der Waals surface area (Å²) in [5.41, 5.74) is 1.70. The summed E-state index contributed by atoms with van der Waals surface area (Å²) in [6.07, 6.45) is 1.79. The van der Waals surface area contributed by atoms with Crippen molar-refractivity contribution in [3.8, 4) is 5.75 Å². The average molecular weight is 517 g/mol. The molecule has 0 saturated carbocycles. The number of thioether (sulfide) groups is 1. The number of carbonyl (C=O) groups is 1. The van der Waals surface area contributed by atoms with Gasteiger partial charge >= 0.3 is 0 Å². The van der Waals surface area contributed by atoms with Gasteiger partial charge in [0.2, 0.25) is 0 Å². The molecular formula is C18H12Br2FNO2S2. The second kappa shape index (κ2) is 8.21. The first kappa shape index (κ1) is 19.5. The van der Waals surface area contributed by atoms with Gasteiger partial charge in [-0.3, -0.25) is 9.69 Å². The molecule has 0 unspecified atom stereocenters. The van der Waals surface area contributed by atoms with Gasteiger partial charge in [-0.25, -0.2) is 4.39 Å². The minimum atomic E-state index is -0.280. The monoisotopic (exact) mass is 515 g/mol. The van der Waals surface area contributed by atoms with E-state index in [2.05, 4.69) is 31.9 Å². The van der Waals surface area contributed by atoms with Crippen LogP contribution in [0.15, 0.2) is 50.2 Å². The molecule has 0 atom stereocenters. The topological polar surface area (TPSA) is 29.5 Å². The quantitative estimate of drug-likeness (QED) is 0.381. The Morgan fingerprint density at radius 3 is 2.38 bits per heavy atom. The Labute approximate surface area is 176 Å². The molecule has 0 aromatic heterocycles. The van der Waals surface area contributed by atoms with Gasteiger partial charge < -0.3 is 4.74 Å². The van der Waals surface area contributed by atoms with Crippen molar-refractivity contribution >= 4 is 72.1 Å². The predicted molar refractivity (Wildman–Crippen MR) is 114 cm³/mol. The maximum atomic E-state index is 13.0. The van der Waals surface area contributed by atoms with E-state index in [0.29, 0.717) is 21.6 Å². The molecular weight excluding hydrogens is 505 g/mol. The van der Waals surface area contributed by atoms with Crippen LogP contribution in [0.1, 0.15) is 11.1 Å². The predicted octanol–water partition coefficient (Wildman–Crippen LogP) is 5.76. The molecule has 0 bridgehead atoms. The molecule has 8 heteroatoms. The number of amides is 1. The molecule has 1 fully saturated rings. The summed E-state index contributed by atoms with van der Waals surface area (Å²) in [6, 6.07) is 9.89. The summed E-state index contributed by atoms with van der Waals surface area (Å²) in [5.74, 6) is 0.247. The number of nitrogens with zero attached hydrogens (tertiary/aromatic N) is 1. The standard InChI is InChI=1S/C18H12Br2FNO2S2/c1-22-17(23)15(26-18(22)25)8-11-6-13(19)16(14(20)7-11)24-9-10-2-4-12(21)5-3-10/h2-8H,9H2,1H3/b15-8+. The molecule has 1 aliphatic rings. The molecule has 0 aliphatic carbocycles. The van der Waals surface area contributed by atoms with Gasteiger partial charge in [0.25, 0.3) is 5.91 Å². The fraction of sp³-hybridized carbons (Fsp3) is 0.111. The number of hydrogen-bond acceptors (Lipinski definition) is 4. The molecule has 3 rings (SSSR count). The first-order valence-electron chi connectivity index (χ1n) is 7.43. The number of rotatable bonds is 4. The van der Waals surface area contributed by atoms with Crippen molar-refractivity contribution in [1.82, 2.24) is 4.90 Å². The Morgan fingerprint density at radius 1 is 1.23 bits per heavy atom. The average Bonchev–Trinajstić information content (AvgIpc) is 2.83. The lowest BCUT2D eigenvalue weighted by Gasteiger charge is -2.11. The summed E-state index contributed by atoms with van der Waals surface area (Å²) in [5, 5.41) is 0. The first-order valence-corrected chi connectivity index (χ1v) is 10.2. The van der Waals surface area contributed by atoms with E-state index < -0.39 is 0 Å². The lowest BCUT2D eigenvalue weighted by molar-refractivity contribution is -0.121. The summed E-state index contributed by atoms with van der Waals surface area (Å²) >= 11 is 13.4. The smallest absolute Gasteiger partial charge is 0.265 e. The minimum Gasteiger partial charge on any atom is -0.487 e. The van der Waals surface area contributed by atoms with Crippen LogP contribution < -0.4 is 4.74 Å². The van der Waals surface area contributed by atoms with Gasteiger partial charge in [-0.05, 0) is 73.3 Å². The highest BCUT2D eigenvalue weighted by Gasteiger charge is 2.28. The van der Waals surface area contributed by atoms with Crippen molar-refractivity contribution in [1.29, 1.82) is 0 Å². The van der Waals surface area contributed by atoms with E-state index in [1.807, 2.05) is 12.1 Å². The molecule has 0 radical (unpaired) electrons. The zero-order valence-corrected chi connectivity index (χ0v) is 18.3. The fourth-order valence-corrected chi connectivity index (χ4v) is 4.86. The van der Waals surface area contributed by atoms with Gasteiger partial charge in [0, 0.05) is 7.05 Å². The van der Waals surface area contributed by atoms with Gasteiger partial charge in [-0.15, -0.1) is 0 Å². The van der Waals surface area contributed by atoms with Crippen LogP contribution in [-0.2, 0) is 11.4 Å². The van der Waals surface area contributed by atoms with Crippen molar-refractivity contribution in [2.75, 3.05) is 7.05 Å². The second-order valence-corrected chi connectivity index (χ2v) is 8.85. The van der Waals surface area contributed by atoms with Crippen molar-refractivity contribution in [3.63, 3.8) is 0 Å². The third-order valence-electron chi connectivity index (χ3n) is 3.60. The molecule has 2 aromatic rings. The lowest BCUT2D eigenvalue weighted by Crippen LogP contribution is -2.22. The number of halogens is 3. The lowest BCUT2D eigenvalue weighted by atomic mass is 10.2. The Morgan fingerprint density at radius 2 is 1.85 bits per heavy atom. The highest BCUT2D eigenvalue weighted by Crippen LogP contribution is 2.37. The fourth-order valence-electron chi connectivity index (χ4n) is 2.23. The third kappa shape index (κ3) is 4.36. The molecule has 0 spiro atoms. The molecule has 0 N–H and O–H groups in total. The van der Waals surface area contributed by atoms with Crippen molar-refractivity contribution in [3.05, 3.63) is 67.2 Å².